The minimum Gasteiger partial charge on any atom is -0.345 e. The Balaban J connectivity index is 1.80. The van der Waals surface area contributed by atoms with E-state index in [-0.39, 0.29) is 11.9 Å². The molecule has 2 aromatic carbocycles. The topological polar surface area (TPSA) is 25.2 Å². The van der Waals surface area contributed by atoms with Crippen molar-refractivity contribution in [3.63, 3.8) is 0 Å². The smallest absolute Gasteiger partial charge is 0.245 e. The molecular formula is C24H27ClN2O. The highest BCUT2D eigenvalue weighted by molar-refractivity contribution is 6.30. The first-order valence-electron chi connectivity index (χ1n) is 9.77. The molecule has 0 spiro atoms. The fourth-order valence-electron chi connectivity index (χ4n) is 3.28. The molecule has 2 atom stereocenters. The van der Waals surface area contributed by atoms with E-state index in [1.54, 1.807) is 0 Å². The van der Waals surface area contributed by atoms with E-state index >= 15 is 0 Å². The molecule has 0 aliphatic heterocycles. The van der Waals surface area contributed by atoms with E-state index in [9.17, 15) is 4.79 Å². The minimum atomic E-state index is -0.673. The molecule has 0 aliphatic carbocycles. The summed E-state index contributed by atoms with van der Waals surface area (Å²) in [6, 6.07) is 24.1. The van der Waals surface area contributed by atoms with Crippen LogP contribution >= 0.6 is 11.6 Å². The Hall–Kier alpha value is -2.52. The summed E-state index contributed by atoms with van der Waals surface area (Å²) in [7, 11) is 0. The highest BCUT2D eigenvalue weighted by atomic mass is 35.5. The van der Waals surface area contributed by atoms with Gasteiger partial charge < -0.3 is 9.47 Å². The molecule has 4 heteroatoms. The lowest BCUT2D eigenvalue weighted by atomic mass is 10.1. The van der Waals surface area contributed by atoms with Crippen LogP contribution in [0.3, 0.4) is 0 Å². The summed E-state index contributed by atoms with van der Waals surface area (Å²) in [4.78, 5) is 15.1. The average Bonchev–Trinajstić information content (AvgIpc) is 3.18. The number of carbonyl (C=O) groups excluding carboxylic acids is 1. The third-order valence-electron chi connectivity index (χ3n) is 5.17. The van der Waals surface area contributed by atoms with E-state index in [0.717, 1.165) is 24.2 Å². The van der Waals surface area contributed by atoms with Crippen molar-refractivity contribution >= 4 is 17.5 Å². The van der Waals surface area contributed by atoms with Gasteiger partial charge in [-0.15, -0.1) is 11.6 Å². The van der Waals surface area contributed by atoms with Crippen LogP contribution in [-0.4, -0.2) is 21.4 Å². The van der Waals surface area contributed by atoms with Crippen LogP contribution in [-0.2, 0) is 17.9 Å². The van der Waals surface area contributed by atoms with Crippen LogP contribution in [0.15, 0.2) is 79.0 Å². The first kappa shape index (κ1) is 20.2. The lowest BCUT2D eigenvalue weighted by Gasteiger charge is -2.31. The molecule has 0 radical (unpaired) electrons. The number of benzene rings is 2. The maximum atomic E-state index is 13.2. The minimum absolute atomic E-state index is 0.0466. The van der Waals surface area contributed by atoms with Gasteiger partial charge in [-0.1, -0.05) is 67.6 Å². The van der Waals surface area contributed by atoms with E-state index in [1.807, 2.05) is 59.5 Å². The Labute approximate surface area is 172 Å². The zero-order chi connectivity index (χ0) is 19.9. The van der Waals surface area contributed by atoms with Gasteiger partial charge in [-0.25, -0.2) is 0 Å². The summed E-state index contributed by atoms with van der Waals surface area (Å²) in [5, 5.41) is -0.673. The molecule has 0 saturated heterocycles. The van der Waals surface area contributed by atoms with Crippen LogP contribution in [0.5, 0.6) is 0 Å². The van der Waals surface area contributed by atoms with E-state index in [0.29, 0.717) is 6.54 Å². The van der Waals surface area contributed by atoms with Crippen molar-refractivity contribution in [2.75, 3.05) is 0 Å². The fourth-order valence-corrected chi connectivity index (χ4v) is 3.55. The lowest BCUT2D eigenvalue weighted by molar-refractivity contribution is -0.133. The maximum absolute atomic E-state index is 13.2. The average molecular weight is 395 g/mol. The number of alkyl halides is 1. The van der Waals surface area contributed by atoms with Crippen molar-refractivity contribution in [1.82, 2.24) is 9.47 Å². The molecule has 1 heterocycles. The molecule has 3 rings (SSSR count). The monoisotopic (exact) mass is 394 g/mol. The summed E-state index contributed by atoms with van der Waals surface area (Å²) < 4.78 is 2.20. The SMILES string of the molecule is CC[C@H](C)N(Cc1cccn1Cc1ccccc1)C(=O)[C@@H](Cl)c1ccccc1. The molecule has 1 amide bonds. The molecule has 0 aliphatic rings. The zero-order valence-corrected chi connectivity index (χ0v) is 17.2. The number of aromatic nitrogens is 1. The van der Waals surface area contributed by atoms with Crippen molar-refractivity contribution in [1.29, 1.82) is 0 Å². The molecule has 28 heavy (non-hydrogen) atoms. The standard InChI is InChI=1S/C24H27ClN2O/c1-3-19(2)27(24(28)23(25)21-13-8-5-9-14-21)18-22-15-10-16-26(22)17-20-11-6-4-7-12-20/h4-16,19,23H,3,17-18H2,1-2H3/t19-,23-/m0/s1. The Morgan fingerprint density at radius 1 is 1.00 bits per heavy atom. The molecular weight excluding hydrogens is 368 g/mol. The number of hydrogen-bond donors (Lipinski definition) is 0. The van der Waals surface area contributed by atoms with Crippen molar-refractivity contribution in [2.24, 2.45) is 0 Å². The van der Waals surface area contributed by atoms with Crippen LogP contribution < -0.4 is 0 Å². The zero-order valence-electron chi connectivity index (χ0n) is 16.5. The number of amides is 1. The number of nitrogens with zero attached hydrogens (tertiary/aromatic N) is 2. The molecule has 146 valence electrons. The van der Waals surface area contributed by atoms with Crippen molar-refractivity contribution < 1.29 is 4.79 Å². The van der Waals surface area contributed by atoms with E-state index in [4.69, 9.17) is 11.6 Å². The first-order valence-corrected chi connectivity index (χ1v) is 10.2. The first-order chi connectivity index (χ1) is 13.6. The van der Waals surface area contributed by atoms with Gasteiger partial charge in [0.2, 0.25) is 5.91 Å². The number of carbonyl (C=O) groups is 1. The number of rotatable bonds is 8. The summed E-state index contributed by atoms with van der Waals surface area (Å²) in [6.45, 7) is 5.51. The summed E-state index contributed by atoms with van der Waals surface area (Å²) in [6.07, 6.45) is 2.94. The second kappa shape index (κ2) is 9.61. The van der Waals surface area contributed by atoms with Gasteiger partial charge in [-0.2, -0.15) is 0 Å². The van der Waals surface area contributed by atoms with Crippen LogP contribution in [0.1, 0.15) is 42.5 Å². The maximum Gasteiger partial charge on any atom is 0.245 e. The summed E-state index contributed by atoms with van der Waals surface area (Å²) in [5.74, 6) is -0.0466. The third-order valence-corrected chi connectivity index (χ3v) is 5.61. The molecule has 0 saturated carbocycles. The number of hydrogen-bond acceptors (Lipinski definition) is 1. The van der Waals surface area contributed by atoms with Gasteiger partial charge in [0.25, 0.3) is 0 Å². The molecule has 0 bridgehead atoms. The molecule has 0 N–H and O–H groups in total. The van der Waals surface area contributed by atoms with Gasteiger partial charge in [0.05, 0.1) is 6.54 Å². The fraction of sp³-hybridized carbons (Fsp3) is 0.292. The Morgan fingerprint density at radius 3 is 2.29 bits per heavy atom. The molecule has 1 aromatic heterocycles. The molecule has 3 aromatic rings. The van der Waals surface area contributed by atoms with Gasteiger partial charge in [0.1, 0.15) is 5.38 Å². The Bertz CT molecular complexity index is 876. The van der Waals surface area contributed by atoms with Gasteiger partial charge in [-0.3, -0.25) is 4.79 Å². The highest BCUT2D eigenvalue weighted by Gasteiger charge is 2.27. The quantitative estimate of drug-likeness (QED) is 0.453. The number of halogens is 1. The van der Waals surface area contributed by atoms with Crippen molar-refractivity contribution in [2.45, 2.75) is 44.8 Å². The molecule has 0 fully saturated rings. The summed E-state index contributed by atoms with van der Waals surface area (Å²) in [5.41, 5.74) is 3.18. The van der Waals surface area contributed by atoms with Gasteiger partial charge >= 0.3 is 0 Å². The van der Waals surface area contributed by atoms with E-state index in [1.165, 1.54) is 5.56 Å². The third kappa shape index (κ3) is 4.85. The summed E-state index contributed by atoms with van der Waals surface area (Å²) >= 11 is 6.56. The molecule has 3 nitrogen and oxygen atoms in total. The second-order valence-electron chi connectivity index (χ2n) is 7.11. The van der Waals surface area contributed by atoms with Gasteiger partial charge in [0.15, 0.2) is 0 Å². The van der Waals surface area contributed by atoms with Crippen LogP contribution in [0.4, 0.5) is 0 Å². The highest BCUT2D eigenvalue weighted by Crippen LogP contribution is 2.26. The molecule has 0 unspecified atom stereocenters. The Kier molecular flexibility index (Phi) is 6.94. The van der Waals surface area contributed by atoms with Crippen LogP contribution in [0, 0.1) is 0 Å². The van der Waals surface area contributed by atoms with E-state index < -0.39 is 5.38 Å². The predicted molar refractivity (Wildman–Crippen MR) is 115 cm³/mol. The van der Waals surface area contributed by atoms with E-state index in [2.05, 4.69) is 42.8 Å². The predicted octanol–water partition coefficient (Wildman–Crippen LogP) is 5.64. The van der Waals surface area contributed by atoms with Crippen molar-refractivity contribution in [3.05, 3.63) is 95.8 Å². The van der Waals surface area contributed by atoms with Gasteiger partial charge in [0, 0.05) is 24.5 Å². The van der Waals surface area contributed by atoms with Gasteiger partial charge in [-0.05, 0) is 36.6 Å². The Morgan fingerprint density at radius 2 is 1.64 bits per heavy atom. The second-order valence-corrected chi connectivity index (χ2v) is 7.55. The van der Waals surface area contributed by atoms with Crippen molar-refractivity contribution in [3.8, 4) is 0 Å². The van der Waals surface area contributed by atoms with Crippen LogP contribution in [0.25, 0.3) is 0 Å². The van der Waals surface area contributed by atoms with Crippen LogP contribution in [0.2, 0.25) is 0 Å². The normalized spacial score (nSPS) is 13.1. The largest absolute Gasteiger partial charge is 0.345 e. The lowest BCUT2D eigenvalue weighted by Crippen LogP contribution is -2.40.